The van der Waals surface area contributed by atoms with Gasteiger partial charge in [0, 0.05) is 25.1 Å². The van der Waals surface area contributed by atoms with Gasteiger partial charge in [-0.25, -0.2) is 9.59 Å². The molecule has 0 unspecified atom stereocenters. The van der Waals surface area contributed by atoms with E-state index in [1.165, 1.54) is 77.0 Å². The van der Waals surface area contributed by atoms with Gasteiger partial charge < -0.3 is 24.2 Å². The highest BCUT2D eigenvalue weighted by atomic mass is 16.5. The van der Waals surface area contributed by atoms with Gasteiger partial charge in [-0.2, -0.15) is 0 Å². The van der Waals surface area contributed by atoms with E-state index in [4.69, 9.17) is 14.2 Å². The molecule has 0 aromatic carbocycles. The Morgan fingerprint density at radius 1 is 0.510 bits per heavy atom. The van der Waals surface area contributed by atoms with E-state index in [9.17, 15) is 19.5 Å². The molecule has 8 heteroatoms. The third kappa shape index (κ3) is 36.2. The van der Waals surface area contributed by atoms with E-state index in [-0.39, 0.29) is 18.7 Å². The van der Waals surface area contributed by atoms with E-state index in [1.807, 2.05) is 0 Å². The van der Waals surface area contributed by atoms with Gasteiger partial charge in [0.25, 0.3) is 0 Å². The number of aliphatic hydroxyl groups excluding tert-OH is 1. The van der Waals surface area contributed by atoms with E-state index in [0.717, 1.165) is 122 Å². The number of unbranched alkanes of at least 4 members (excludes halogenated alkanes) is 20. The topological polar surface area (TPSA) is 102 Å². The van der Waals surface area contributed by atoms with Crippen LogP contribution < -0.4 is 0 Å². The zero-order chi connectivity index (χ0) is 37.5. The summed E-state index contributed by atoms with van der Waals surface area (Å²) in [5.41, 5.74) is 0. The van der Waals surface area contributed by atoms with Crippen molar-refractivity contribution >= 4 is 17.9 Å². The molecule has 0 saturated carbocycles. The van der Waals surface area contributed by atoms with Crippen LogP contribution in [0.15, 0.2) is 12.2 Å². The SMILES string of the molecule is CCCCCCCCC(CCCCCCCC)OC(=O)CCCCCCCN(CCO)CCCCCCOC(=O)/C=C\C(=O)OCCCCCC. The summed E-state index contributed by atoms with van der Waals surface area (Å²) in [7, 11) is 0. The lowest BCUT2D eigenvalue weighted by Gasteiger charge is -2.21. The number of ether oxygens (including phenoxy) is 3. The summed E-state index contributed by atoms with van der Waals surface area (Å²) in [5, 5.41) is 9.51. The normalized spacial score (nSPS) is 11.6. The fourth-order valence-electron chi connectivity index (χ4n) is 6.32. The van der Waals surface area contributed by atoms with Gasteiger partial charge in [-0.3, -0.25) is 4.79 Å². The van der Waals surface area contributed by atoms with Crippen molar-refractivity contribution in [3.63, 3.8) is 0 Å². The third-order valence-corrected chi connectivity index (χ3v) is 9.54. The number of hydrogen-bond acceptors (Lipinski definition) is 8. The second-order valence-electron chi connectivity index (χ2n) is 14.5. The number of rotatable bonds is 39. The highest BCUT2D eigenvalue weighted by Crippen LogP contribution is 2.18. The molecular formula is C43H81NO7. The van der Waals surface area contributed by atoms with E-state index < -0.39 is 11.9 Å². The molecule has 0 aromatic heterocycles. The van der Waals surface area contributed by atoms with Crippen molar-refractivity contribution in [3.8, 4) is 0 Å². The summed E-state index contributed by atoms with van der Waals surface area (Å²) < 4.78 is 16.3. The fourth-order valence-corrected chi connectivity index (χ4v) is 6.32. The molecule has 0 aliphatic carbocycles. The van der Waals surface area contributed by atoms with Crippen molar-refractivity contribution in [2.45, 2.75) is 207 Å². The lowest BCUT2D eigenvalue weighted by Crippen LogP contribution is -2.29. The molecule has 0 aliphatic rings. The Kier molecular flexibility index (Phi) is 37.8. The Morgan fingerprint density at radius 2 is 0.902 bits per heavy atom. The molecule has 51 heavy (non-hydrogen) atoms. The summed E-state index contributed by atoms with van der Waals surface area (Å²) in [6.07, 6.45) is 33.5. The predicted molar refractivity (Wildman–Crippen MR) is 211 cm³/mol. The minimum Gasteiger partial charge on any atom is -0.463 e. The van der Waals surface area contributed by atoms with E-state index in [0.29, 0.717) is 26.2 Å². The number of carbonyl (C=O) groups excluding carboxylic acids is 3. The molecule has 0 radical (unpaired) electrons. The molecule has 0 amide bonds. The van der Waals surface area contributed by atoms with E-state index >= 15 is 0 Å². The maximum absolute atomic E-state index is 12.7. The minimum absolute atomic E-state index is 0.00789. The molecule has 0 heterocycles. The molecule has 0 saturated heterocycles. The molecule has 0 bridgehead atoms. The molecule has 0 aromatic rings. The van der Waals surface area contributed by atoms with Gasteiger partial charge in [0.05, 0.1) is 19.8 Å². The number of hydrogen-bond donors (Lipinski definition) is 1. The standard InChI is InChI=1S/C43H81NO7/c1-4-7-10-13-16-22-29-40(30-23-17-14-11-8-5-2)51-43(48)31-24-18-15-19-25-34-44(36-37-45)35-26-20-21-28-39-50-42(47)33-32-41(46)49-38-27-12-9-6-3/h32-33,40,45H,4-31,34-39H2,1-3H3/b33-32-. The van der Waals surface area contributed by atoms with E-state index in [1.54, 1.807) is 0 Å². The maximum atomic E-state index is 12.7. The molecule has 0 rings (SSSR count). The fraction of sp³-hybridized carbons (Fsp3) is 0.884. The average Bonchev–Trinajstić information content (AvgIpc) is 3.12. The summed E-state index contributed by atoms with van der Waals surface area (Å²) in [5.74, 6) is -1.03. The van der Waals surface area contributed by atoms with Crippen LogP contribution in [-0.4, -0.2) is 73.5 Å². The largest absolute Gasteiger partial charge is 0.463 e. The van der Waals surface area contributed by atoms with E-state index in [2.05, 4.69) is 25.7 Å². The highest BCUT2D eigenvalue weighted by molar-refractivity contribution is 5.91. The van der Waals surface area contributed by atoms with Crippen LogP contribution in [0.25, 0.3) is 0 Å². The Labute approximate surface area is 314 Å². The average molecular weight is 724 g/mol. The van der Waals surface area contributed by atoms with Crippen molar-refractivity contribution < 1.29 is 33.7 Å². The summed E-state index contributed by atoms with van der Waals surface area (Å²) in [4.78, 5) is 38.5. The molecule has 0 spiro atoms. The van der Waals surface area contributed by atoms with Gasteiger partial charge in [0.15, 0.2) is 0 Å². The van der Waals surface area contributed by atoms with Crippen LogP contribution in [0.4, 0.5) is 0 Å². The first-order chi connectivity index (χ1) is 25.0. The molecule has 300 valence electrons. The van der Waals surface area contributed by atoms with Crippen LogP contribution in [0.1, 0.15) is 201 Å². The maximum Gasteiger partial charge on any atom is 0.331 e. The van der Waals surface area contributed by atoms with Crippen LogP contribution in [0, 0.1) is 0 Å². The number of nitrogens with zero attached hydrogens (tertiary/aromatic N) is 1. The van der Waals surface area contributed by atoms with Crippen molar-refractivity contribution in [2.24, 2.45) is 0 Å². The van der Waals surface area contributed by atoms with Gasteiger partial charge in [-0.15, -0.1) is 0 Å². The lowest BCUT2D eigenvalue weighted by atomic mass is 10.0. The Bertz CT molecular complexity index is 802. The first-order valence-corrected chi connectivity index (χ1v) is 21.5. The van der Waals surface area contributed by atoms with Crippen LogP contribution >= 0.6 is 0 Å². The van der Waals surface area contributed by atoms with Crippen molar-refractivity contribution in [1.29, 1.82) is 0 Å². The quantitative estimate of drug-likeness (QED) is 0.0289. The zero-order valence-corrected chi connectivity index (χ0v) is 33.6. The van der Waals surface area contributed by atoms with Crippen LogP contribution in [0.5, 0.6) is 0 Å². The van der Waals surface area contributed by atoms with Gasteiger partial charge >= 0.3 is 17.9 Å². The molecule has 0 aliphatic heterocycles. The van der Waals surface area contributed by atoms with Crippen molar-refractivity contribution in [1.82, 2.24) is 4.90 Å². The van der Waals surface area contributed by atoms with Gasteiger partial charge in [0.2, 0.25) is 0 Å². The van der Waals surface area contributed by atoms with Crippen LogP contribution in [0.3, 0.4) is 0 Å². The highest BCUT2D eigenvalue weighted by Gasteiger charge is 2.14. The molecular weight excluding hydrogens is 642 g/mol. The van der Waals surface area contributed by atoms with Gasteiger partial charge in [0.1, 0.15) is 6.10 Å². The second kappa shape index (κ2) is 39.3. The molecule has 8 nitrogen and oxygen atoms in total. The van der Waals surface area contributed by atoms with Gasteiger partial charge in [-0.1, -0.05) is 136 Å². The Morgan fingerprint density at radius 3 is 1.37 bits per heavy atom. The smallest absolute Gasteiger partial charge is 0.331 e. The van der Waals surface area contributed by atoms with Crippen molar-refractivity contribution in [2.75, 3.05) is 39.5 Å². The summed E-state index contributed by atoms with van der Waals surface area (Å²) in [6.45, 7) is 10.1. The third-order valence-electron chi connectivity index (χ3n) is 9.54. The predicted octanol–water partition coefficient (Wildman–Crippen LogP) is 10.8. The number of esters is 3. The Balaban J connectivity index is 4.03. The van der Waals surface area contributed by atoms with Gasteiger partial charge in [-0.05, 0) is 70.9 Å². The lowest BCUT2D eigenvalue weighted by molar-refractivity contribution is -0.150. The molecule has 0 fully saturated rings. The van der Waals surface area contributed by atoms with Crippen LogP contribution in [0.2, 0.25) is 0 Å². The van der Waals surface area contributed by atoms with Crippen LogP contribution in [-0.2, 0) is 28.6 Å². The second-order valence-corrected chi connectivity index (χ2v) is 14.5. The Hall–Kier alpha value is -1.93. The molecule has 0 atom stereocenters. The zero-order valence-electron chi connectivity index (χ0n) is 33.6. The number of carbonyl (C=O) groups is 3. The first kappa shape index (κ1) is 49.1. The summed E-state index contributed by atoms with van der Waals surface area (Å²) in [6, 6.07) is 0. The first-order valence-electron chi connectivity index (χ1n) is 21.5. The van der Waals surface area contributed by atoms with Crippen molar-refractivity contribution in [3.05, 3.63) is 12.2 Å². The molecule has 1 N–H and O–H groups in total. The number of aliphatic hydroxyl groups is 1. The monoisotopic (exact) mass is 724 g/mol. The summed E-state index contributed by atoms with van der Waals surface area (Å²) >= 11 is 0. The minimum atomic E-state index is -0.516.